The van der Waals surface area contributed by atoms with E-state index in [0.29, 0.717) is 32.0 Å². The van der Waals surface area contributed by atoms with E-state index < -0.39 is 0 Å². The Morgan fingerprint density at radius 3 is 2.95 bits per heavy atom. The second-order valence-electron chi connectivity index (χ2n) is 5.35. The highest BCUT2D eigenvalue weighted by molar-refractivity contribution is 5.91. The molecule has 1 unspecified atom stereocenters. The van der Waals surface area contributed by atoms with Crippen LogP contribution in [0.5, 0.6) is 0 Å². The molecule has 3 heterocycles. The lowest BCUT2D eigenvalue weighted by molar-refractivity contribution is 0.0731. The molecule has 114 valence electrons. The van der Waals surface area contributed by atoms with Gasteiger partial charge >= 0.3 is 0 Å². The first kappa shape index (κ1) is 14.6. The van der Waals surface area contributed by atoms with Gasteiger partial charge in [-0.15, -0.1) is 0 Å². The smallest absolute Gasteiger partial charge is 0.274 e. The van der Waals surface area contributed by atoms with Crippen LogP contribution in [0.25, 0.3) is 0 Å². The highest BCUT2D eigenvalue weighted by Gasteiger charge is 2.24. The molecular formula is C16H18N4O2. The van der Waals surface area contributed by atoms with Crippen LogP contribution in [0.2, 0.25) is 0 Å². The van der Waals surface area contributed by atoms with Crippen molar-refractivity contribution in [1.29, 1.82) is 0 Å². The van der Waals surface area contributed by atoms with E-state index in [0.717, 1.165) is 12.0 Å². The van der Waals surface area contributed by atoms with Gasteiger partial charge in [-0.2, -0.15) is 0 Å². The summed E-state index contributed by atoms with van der Waals surface area (Å²) < 4.78 is 5.65. The second kappa shape index (κ2) is 7.09. The Morgan fingerprint density at radius 1 is 1.27 bits per heavy atom. The summed E-state index contributed by atoms with van der Waals surface area (Å²) in [6.07, 6.45) is 9.07. The molecule has 0 bridgehead atoms. The van der Waals surface area contributed by atoms with Gasteiger partial charge in [-0.25, -0.2) is 4.98 Å². The predicted molar refractivity (Wildman–Crippen MR) is 80.2 cm³/mol. The normalized spacial score (nSPS) is 18.7. The maximum absolute atomic E-state index is 12.5. The molecule has 2 aromatic rings. The Labute approximate surface area is 129 Å². The van der Waals surface area contributed by atoms with Crippen molar-refractivity contribution < 1.29 is 9.53 Å². The second-order valence-corrected chi connectivity index (χ2v) is 5.35. The zero-order valence-electron chi connectivity index (χ0n) is 12.3. The van der Waals surface area contributed by atoms with Crippen LogP contribution in [0.4, 0.5) is 0 Å². The van der Waals surface area contributed by atoms with Crippen molar-refractivity contribution in [3.8, 4) is 0 Å². The lowest BCUT2D eigenvalue weighted by Gasteiger charge is -2.23. The zero-order chi connectivity index (χ0) is 15.2. The summed E-state index contributed by atoms with van der Waals surface area (Å²) in [6.45, 7) is 2.44. The average molecular weight is 298 g/mol. The fourth-order valence-corrected chi connectivity index (χ4v) is 2.61. The summed E-state index contributed by atoms with van der Waals surface area (Å²) in [5, 5.41) is 0. The first-order valence-corrected chi connectivity index (χ1v) is 7.35. The lowest BCUT2D eigenvalue weighted by atomic mass is 10.0. The van der Waals surface area contributed by atoms with Crippen molar-refractivity contribution >= 4 is 5.91 Å². The highest BCUT2D eigenvalue weighted by atomic mass is 16.5. The van der Waals surface area contributed by atoms with Gasteiger partial charge in [-0.1, -0.05) is 6.07 Å². The number of nitrogens with zero attached hydrogens (tertiary/aromatic N) is 4. The molecule has 22 heavy (non-hydrogen) atoms. The molecular weight excluding hydrogens is 280 g/mol. The number of aromatic nitrogens is 3. The first-order valence-electron chi connectivity index (χ1n) is 7.35. The first-order chi connectivity index (χ1) is 10.8. The molecule has 2 aromatic heterocycles. The van der Waals surface area contributed by atoms with E-state index in [2.05, 4.69) is 15.0 Å². The molecule has 0 aromatic carbocycles. The Balaban J connectivity index is 1.69. The number of hydrogen-bond acceptors (Lipinski definition) is 5. The minimum atomic E-state index is -0.0882. The summed E-state index contributed by atoms with van der Waals surface area (Å²) in [7, 11) is 0. The minimum absolute atomic E-state index is 0.0882. The summed E-state index contributed by atoms with van der Waals surface area (Å²) in [6, 6.07) is 3.97. The van der Waals surface area contributed by atoms with Crippen LogP contribution < -0.4 is 0 Å². The number of amides is 1. The van der Waals surface area contributed by atoms with Crippen LogP contribution in [-0.4, -0.2) is 52.1 Å². The molecule has 1 amide bonds. The summed E-state index contributed by atoms with van der Waals surface area (Å²) in [5.41, 5.74) is 1.54. The Bertz CT molecular complexity index is 606. The van der Waals surface area contributed by atoms with E-state index in [-0.39, 0.29) is 11.8 Å². The molecule has 0 N–H and O–H groups in total. The molecule has 0 saturated carbocycles. The molecule has 3 rings (SSSR count). The number of hydrogen-bond donors (Lipinski definition) is 0. The van der Waals surface area contributed by atoms with Crippen LogP contribution in [0.15, 0.2) is 43.1 Å². The molecule has 1 atom stereocenters. The van der Waals surface area contributed by atoms with Crippen LogP contribution in [-0.2, 0) is 11.2 Å². The predicted octanol–water partition coefficient (Wildman–Crippen LogP) is 1.20. The fraction of sp³-hybridized carbons (Fsp3) is 0.375. The number of pyridine rings is 1. The van der Waals surface area contributed by atoms with Gasteiger partial charge in [0.1, 0.15) is 5.69 Å². The van der Waals surface area contributed by atoms with Crippen molar-refractivity contribution in [2.24, 2.45) is 5.92 Å². The summed E-state index contributed by atoms with van der Waals surface area (Å²) >= 11 is 0. The maximum atomic E-state index is 12.5. The third kappa shape index (κ3) is 3.65. The molecule has 1 aliphatic rings. The summed E-state index contributed by atoms with van der Waals surface area (Å²) in [4.78, 5) is 26.5. The molecule has 0 radical (unpaired) electrons. The van der Waals surface area contributed by atoms with Crippen molar-refractivity contribution in [1.82, 2.24) is 19.9 Å². The SMILES string of the molecule is O=C(c1cnccn1)N1CCOCC(Cc2cccnc2)C1. The summed E-state index contributed by atoms with van der Waals surface area (Å²) in [5.74, 6) is 0.169. The van der Waals surface area contributed by atoms with Crippen LogP contribution in [0, 0.1) is 5.92 Å². The van der Waals surface area contributed by atoms with Crippen LogP contribution >= 0.6 is 0 Å². The fourth-order valence-electron chi connectivity index (χ4n) is 2.61. The van der Waals surface area contributed by atoms with Crippen molar-refractivity contribution in [2.45, 2.75) is 6.42 Å². The van der Waals surface area contributed by atoms with Gasteiger partial charge in [-0.05, 0) is 18.1 Å². The number of ether oxygens (including phenoxy) is 1. The van der Waals surface area contributed by atoms with E-state index in [1.807, 2.05) is 18.3 Å². The van der Waals surface area contributed by atoms with Crippen molar-refractivity contribution in [3.63, 3.8) is 0 Å². The molecule has 1 saturated heterocycles. The van der Waals surface area contributed by atoms with Crippen molar-refractivity contribution in [3.05, 3.63) is 54.4 Å². The van der Waals surface area contributed by atoms with Gasteiger partial charge < -0.3 is 9.64 Å². The quantitative estimate of drug-likeness (QED) is 0.852. The van der Waals surface area contributed by atoms with E-state index >= 15 is 0 Å². The van der Waals surface area contributed by atoms with E-state index in [1.54, 1.807) is 17.3 Å². The van der Waals surface area contributed by atoms with Crippen LogP contribution in [0.1, 0.15) is 16.1 Å². The molecule has 0 spiro atoms. The zero-order valence-corrected chi connectivity index (χ0v) is 12.3. The molecule has 6 heteroatoms. The van der Waals surface area contributed by atoms with E-state index in [1.165, 1.54) is 12.4 Å². The van der Waals surface area contributed by atoms with Gasteiger partial charge in [0.2, 0.25) is 0 Å². The molecule has 6 nitrogen and oxygen atoms in total. The van der Waals surface area contributed by atoms with Crippen molar-refractivity contribution in [2.75, 3.05) is 26.3 Å². The third-order valence-corrected chi connectivity index (χ3v) is 3.65. The minimum Gasteiger partial charge on any atom is -0.379 e. The third-order valence-electron chi connectivity index (χ3n) is 3.65. The number of rotatable bonds is 3. The van der Waals surface area contributed by atoms with E-state index in [4.69, 9.17) is 4.74 Å². The monoisotopic (exact) mass is 298 g/mol. The number of carbonyl (C=O) groups is 1. The largest absolute Gasteiger partial charge is 0.379 e. The highest BCUT2D eigenvalue weighted by Crippen LogP contribution is 2.14. The Kier molecular flexibility index (Phi) is 4.70. The molecule has 1 fully saturated rings. The van der Waals surface area contributed by atoms with Gasteiger partial charge in [0.25, 0.3) is 5.91 Å². The average Bonchev–Trinajstić information content (AvgIpc) is 2.81. The molecule has 1 aliphatic heterocycles. The lowest BCUT2D eigenvalue weighted by Crippen LogP contribution is -2.36. The van der Waals surface area contributed by atoms with Gasteiger partial charge in [0, 0.05) is 43.8 Å². The van der Waals surface area contributed by atoms with Crippen LogP contribution in [0.3, 0.4) is 0 Å². The van der Waals surface area contributed by atoms with E-state index in [9.17, 15) is 4.79 Å². The Morgan fingerprint density at radius 2 is 2.18 bits per heavy atom. The van der Waals surface area contributed by atoms with Gasteiger partial charge in [0.15, 0.2) is 0 Å². The van der Waals surface area contributed by atoms with Gasteiger partial charge in [-0.3, -0.25) is 14.8 Å². The maximum Gasteiger partial charge on any atom is 0.274 e. The topological polar surface area (TPSA) is 68.2 Å². The number of carbonyl (C=O) groups excluding carboxylic acids is 1. The standard InChI is InChI=1S/C16H18N4O2/c21-16(15-10-18-4-5-19-15)20-6-7-22-12-14(11-20)8-13-2-1-3-17-9-13/h1-5,9-10,14H,6-8,11-12H2. The molecule has 0 aliphatic carbocycles. The van der Waals surface area contributed by atoms with Gasteiger partial charge in [0.05, 0.1) is 19.4 Å². The Hall–Kier alpha value is -2.34.